The van der Waals surface area contributed by atoms with E-state index in [2.05, 4.69) is 0 Å². The summed E-state index contributed by atoms with van der Waals surface area (Å²) in [6, 6.07) is 3.55. The van der Waals surface area contributed by atoms with E-state index in [0.29, 0.717) is 0 Å². The lowest BCUT2D eigenvalue weighted by atomic mass is 9.90. The molecule has 16 heavy (non-hydrogen) atoms. The minimum Gasteiger partial charge on any atom is -0.496 e. The fourth-order valence-electron chi connectivity index (χ4n) is 1.88. The molecule has 1 aromatic rings. The van der Waals surface area contributed by atoms with Crippen LogP contribution >= 0.6 is 0 Å². The Labute approximate surface area is 97.2 Å². The van der Waals surface area contributed by atoms with Crippen molar-refractivity contribution in [2.75, 3.05) is 7.11 Å². The highest BCUT2D eigenvalue weighted by Gasteiger charge is 2.27. The van der Waals surface area contributed by atoms with E-state index in [9.17, 15) is 5.11 Å². The van der Waals surface area contributed by atoms with Crippen molar-refractivity contribution >= 4 is 0 Å². The molecule has 0 aliphatic rings. The molecular formula is C13H21NO2. The van der Waals surface area contributed by atoms with Crippen molar-refractivity contribution in [1.82, 2.24) is 0 Å². The van der Waals surface area contributed by atoms with Crippen LogP contribution in [0, 0.1) is 13.8 Å². The van der Waals surface area contributed by atoms with Crippen LogP contribution < -0.4 is 10.5 Å². The highest BCUT2D eigenvalue weighted by Crippen LogP contribution is 2.33. The molecule has 0 saturated heterocycles. The predicted octanol–water partition coefficient (Wildman–Crippen LogP) is 2.08. The summed E-state index contributed by atoms with van der Waals surface area (Å²) >= 11 is 0. The van der Waals surface area contributed by atoms with Gasteiger partial charge in [0.2, 0.25) is 0 Å². The van der Waals surface area contributed by atoms with Gasteiger partial charge in [0.25, 0.3) is 0 Å². The van der Waals surface area contributed by atoms with Crippen molar-refractivity contribution in [1.29, 1.82) is 0 Å². The molecule has 0 fully saturated rings. The molecule has 0 bridgehead atoms. The van der Waals surface area contributed by atoms with Gasteiger partial charge in [0.05, 0.1) is 18.8 Å². The number of aryl methyl sites for hydroxylation is 2. The molecule has 0 aromatic heterocycles. The van der Waals surface area contributed by atoms with Crippen molar-refractivity contribution < 1.29 is 9.84 Å². The normalized spacial score (nSPS) is 13.7. The van der Waals surface area contributed by atoms with Gasteiger partial charge in [-0.3, -0.25) is 0 Å². The van der Waals surface area contributed by atoms with Crippen LogP contribution in [0.4, 0.5) is 0 Å². The van der Waals surface area contributed by atoms with E-state index in [1.807, 2.05) is 26.0 Å². The summed E-state index contributed by atoms with van der Waals surface area (Å²) in [7, 11) is 1.62. The first kappa shape index (κ1) is 13.0. The quantitative estimate of drug-likeness (QED) is 0.825. The second-order valence-electron chi connectivity index (χ2n) is 4.84. The second-order valence-corrected chi connectivity index (χ2v) is 4.84. The molecule has 0 heterocycles. The van der Waals surface area contributed by atoms with Gasteiger partial charge < -0.3 is 15.6 Å². The van der Waals surface area contributed by atoms with Crippen LogP contribution in [0.3, 0.4) is 0 Å². The summed E-state index contributed by atoms with van der Waals surface area (Å²) in [5.41, 5.74) is 8.10. The monoisotopic (exact) mass is 223 g/mol. The Morgan fingerprint density at radius 1 is 1.31 bits per heavy atom. The molecular weight excluding hydrogens is 202 g/mol. The molecule has 0 saturated carbocycles. The van der Waals surface area contributed by atoms with Gasteiger partial charge in [0.15, 0.2) is 0 Å². The molecule has 3 N–H and O–H groups in total. The van der Waals surface area contributed by atoms with Crippen LogP contribution in [0.1, 0.15) is 36.6 Å². The molecule has 1 aromatic carbocycles. The Balaban J connectivity index is 3.31. The average molecular weight is 223 g/mol. The number of rotatable bonds is 3. The molecule has 1 unspecified atom stereocenters. The lowest BCUT2D eigenvalue weighted by Gasteiger charge is -2.28. The van der Waals surface area contributed by atoms with Gasteiger partial charge in [-0.1, -0.05) is 17.7 Å². The minimum absolute atomic E-state index is 0.457. The van der Waals surface area contributed by atoms with Gasteiger partial charge in [-0.2, -0.15) is 0 Å². The molecule has 3 nitrogen and oxygen atoms in total. The molecule has 0 aliphatic heterocycles. The third-order valence-electron chi connectivity index (χ3n) is 2.75. The van der Waals surface area contributed by atoms with Gasteiger partial charge in [0.1, 0.15) is 5.75 Å². The standard InChI is InChI=1S/C13H21NO2/c1-8-6-9(2)11(16-5)10(7-8)12(14)13(3,4)15/h6-7,12,15H,14H2,1-5H3. The summed E-state index contributed by atoms with van der Waals surface area (Å²) < 4.78 is 5.36. The maximum Gasteiger partial charge on any atom is 0.126 e. The molecule has 90 valence electrons. The molecule has 0 amide bonds. The predicted molar refractivity (Wildman–Crippen MR) is 65.7 cm³/mol. The third-order valence-corrected chi connectivity index (χ3v) is 2.75. The van der Waals surface area contributed by atoms with Gasteiger partial charge in [-0.05, 0) is 33.3 Å². The van der Waals surface area contributed by atoms with Gasteiger partial charge in [-0.15, -0.1) is 0 Å². The molecule has 1 rings (SSSR count). The average Bonchev–Trinajstić information content (AvgIpc) is 2.14. The molecule has 3 heteroatoms. The summed E-state index contributed by atoms with van der Waals surface area (Å²) in [5.74, 6) is 0.764. The summed E-state index contributed by atoms with van der Waals surface area (Å²) in [6.07, 6.45) is 0. The van der Waals surface area contributed by atoms with Crippen molar-refractivity contribution in [3.63, 3.8) is 0 Å². The summed E-state index contributed by atoms with van der Waals surface area (Å²) in [6.45, 7) is 7.39. The van der Waals surface area contributed by atoms with Gasteiger partial charge in [-0.25, -0.2) is 0 Å². The van der Waals surface area contributed by atoms with Crippen molar-refractivity contribution in [3.05, 3.63) is 28.8 Å². The zero-order chi connectivity index (χ0) is 12.5. The Morgan fingerprint density at radius 3 is 2.31 bits per heavy atom. The van der Waals surface area contributed by atoms with E-state index in [1.165, 1.54) is 0 Å². The van der Waals surface area contributed by atoms with Crippen LogP contribution in [0.5, 0.6) is 5.75 Å². The first-order valence-corrected chi connectivity index (χ1v) is 5.40. The Kier molecular flexibility index (Phi) is 3.61. The zero-order valence-electron chi connectivity index (χ0n) is 10.7. The minimum atomic E-state index is -0.965. The maximum atomic E-state index is 9.96. The third kappa shape index (κ3) is 2.54. The van der Waals surface area contributed by atoms with Crippen molar-refractivity contribution in [2.45, 2.75) is 39.3 Å². The van der Waals surface area contributed by atoms with E-state index in [1.54, 1.807) is 21.0 Å². The first-order valence-electron chi connectivity index (χ1n) is 5.40. The first-order chi connectivity index (χ1) is 7.27. The van der Waals surface area contributed by atoms with Crippen LogP contribution in [0.15, 0.2) is 12.1 Å². The van der Waals surface area contributed by atoms with Crippen LogP contribution in [-0.4, -0.2) is 17.8 Å². The van der Waals surface area contributed by atoms with Crippen LogP contribution in [0.2, 0.25) is 0 Å². The zero-order valence-corrected chi connectivity index (χ0v) is 10.7. The molecule has 0 radical (unpaired) electrons. The van der Waals surface area contributed by atoms with Gasteiger partial charge in [0, 0.05) is 5.56 Å². The van der Waals surface area contributed by atoms with Gasteiger partial charge >= 0.3 is 0 Å². The fourth-order valence-corrected chi connectivity index (χ4v) is 1.88. The Bertz CT molecular complexity index is 380. The Hall–Kier alpha value is -1.06. The lowest BCUT2D eigenvalue weighted by Crippen LogP contribution is -2.35. The van der Waals surface area contributed by atoms with Crippen LogP contribution in [-0.2, 0) is 0 Å². The summed E-state index contributed by atoms with van der Waals surface area (Å²) in [5, 5.41) is 9.96. The smallest absolute Gasteiger partial charge is 0.126 e. The lowest BCUT2D eigenvalue weighted by molar-refractivity contribution is 0.0508. The van der Waals surface area contributed by atoms with E-state index >= 15 is 0 Å². The highest BCUT2D eigenvalue weighted by atomic mass is 16.5. The SMILES string of the molecule is COc1c(C)cc(C)cc1C(N)C(C)(C)O. The number of methoxy groups -OCH3 is 1. The molecule has 0 spiro atoms. The van der Waals surface area contributed by atoms with E-state index in [-0.39, 0.29) is 0 Å². The molecule has 0 aliphatic carbocycles. The number of aliphatic hydroxyl groups is 1. The largest absolute Gasteiger partial charge is 0.496 e. The van der Waals surface area contributed by atoms with E-state index in [0.717, 1.165) is 22.4 Å². The van der Waals surface area contributed by atoms with Crippen molar-refractivity contribution in [3.8, 4) is 5.75 Å². The maximum absolute atomic E-state index is 9.96. The number of hydrogen-bond acceptors (Lipinski definition) is 3. The summed E-state index contributed by atoms with van der Waals surface area (Å²) in [4.78, 5) is 0. The number of benzene rings is 1. The van der Waals surface area contributed by atoms with Crippen molar-refractivity contribution in [2.24, 2.45) is 5.73 Å². The van der Waals surface area contributed by atoms with E-state index in [4.69, 9.17) is 10.5 Å². The van der Waals surface area contributed by atoms with E-state index < -0.39 is 11.6 Å². The second kappa shape index (κ2) is 4.44. The number of nitrogens with two attached hydrogens (primary N) is 1. The fraction of sp³-hybridized carbons (Fsp3) is 0.538. The number of ether oxygens (including phenoxy) is 1. The molecule has 1 atom stereocenters. The Morgan fingerprint density at radius 2 is 1.88 bits per heavy atom. The topological polar surface area (TPSA) is 55.5 Å². The number of hydrogen-bond donors (Lipinski definition) is 2. The van der Waals surface area contributed by atoms with Crippen LogP contribution in [0.25, 0.3) is 0 Å². The highest BCUT2D eigenvalue weighted by molar-refractivity contribution is 5.46.